The van der Waals surface area contributed by atoms with E-state index in [1.807, 2.05) is 0 Å². The predicted octanol–water partition coefficient (Wildman–Crippen LogP) is 1.84. The standard InChI is InChI=1S/C11H19N3OS.ClH/c1-11(2,3)7-13-10(15)8-6-16-9(14-8)4-5-12;/h6H,4-5,7,12H2,1-3H3,(H,13,15);1H. The molecular formula is C11H20ClN3OS. The van der Waals surface area contributed by atoms with Gasteiger partial charge in [-0.1, -0.05) is 20.8 Å². The Hall–Kier alpha value is -0.650. The molecule has 0 saturated carbocycles. The minimum absolute atomic E-state index is 0. The highest BCUT2D eigenvalue weighted by atomic mass is 35.5. The maximum absolute atomic E-state index is 11.7. The molecule has 0 unspecified atom stereocenters. The highest BCUT2D eigenvalue weighted by Gasteiger charge is 2.14. The lowest BCUT2D eigenvalue weighted by Crippen LogP contribution is -2.32. The first-order valence-electron chi connectivity index (χ1n) is 5.35. The molecule has 0 saturated heterocycles. The van der Waals surface area contributed by atoms with E-state index < -0.39 is 0 Å². The molecule has 0 spiro atoms. The number of rotatable bonds is 4. The number of aromatic nitrogens is 1. The van der Waals surface area contributed by atoms with Crippen molar-refractivity contribution in [3.63, 3.8) is 0 Å². The molecule has 1 amide bonds. The van der Waals surface area contributed by atoms with Gasteiger partial charge in [-0.2, -0.15) is 0 Å². The van der Waals surface area contributed by atoms with Gasteiger partial charge in [-0.15, -0.1) is 23.7 Å². The number of carbonyl (C=O) groups is 1. The molecule has 98 valence electrons. The van der Waals surface area contributed by atoms with Crippen LogP contribution in [0.5, 0.6) is 0 Å². The summed E-state index contributed by atoms with van der Waals surface area (Å²) in [7, 11) is 0. The van der Waals surface area contributed by atoms with Gasteiger partial charge in [-0.3, -0.25) is 4.79 Å². The number of nitrogens with two attached hydrogens (primary N) is 1. The molecule has 1 aromatic heterocycles. The van der Waals surface area contributed by atoms with Crippen molar-refractivity contribution in [1.82, 2.24) is 10.3 Å². The van der Waals surface area contributed by atoms with Gasteiger partial charge in [-0.05, 0) is 12.0 Å². The summed E-state index contributed by atoms with van der Waals surface area (Å²) in [5, 5.41) is 5.57. The number of carbonyl (C=O) groups excluding carboxylic acids is 1. The molecule has 0 aliphatic rings. The highest BCUT2D eigenvalue weighted by Crippen LogP contribution is 2.12. The zero-order chi connectivity index (χ0) is 12.2. The second-order valence-corrected chi connectivity index (χ2v) is 5.85. The van der Waals surface area contributed by atoms with Crippen LogP contribution in [0.1, 0.15) is 36.3 Å². The largest absolute Gasteiger partial charge is 0.350 e. The van der Waals surface area contributed by atoms with Gasteiger partial charge in [0.2, 0.25) is 0 Å². The molecule has 1 rings (SSSR count). The molecule has 17 heavy (non-hydrogen) atoms. The summed E-state index contributed by atoms with van der Waals surface area (Å²) in [4.78, 5) is 15.9. The van der Waals surface area contributed by atoms with Crippen LogP contribution in [-0.2, 0) is 6.42 Å². The molecule has 0 fully saturated rings. The third-order valence-electron chi connectivity index (χ3n) is 1.92. The van der Waals surface area contributed by atoms with Crippen molar-refractivity contribution in [2.24, 2.45) is 11.1 Å². The third kappa shape index (κ3) is 6.00. The second kappa shape index (κ2) is 6.93. The Morgan fingerprint density at radius 2 is 2.18 bits per heavy atom. The van der Waals surface area contributed by atoms with E-state index in [-0.39, 0.29) is 23.7 Å². The summed E-state index contributed by atoms with van der Waals surface area (Å²) < 4.78 is 0. The molecule has 1 aromatic rings. The quantitative estimate of drug-likeness (QED) is 0.882. The minimum Gasteiger partial charge on any atom is -0.350 e. The average molecular weight is 278 g/mol. The van der Waals surface area contributed by atoms with Crippen molar-refractivity contribution in [3.8, 4) is 0 Å². The van der Waals surface area contributed by atoms with Crippen molar-refractivity contribution in [1.29, 1.82) is 0 Å². The number of nitrogens with one attached hydrogen (secondary N) is 1. The fourth-order valence-electron chi connectivity index (χ4n) is 1.09. The smallest absolute Gasteiger partial charge is 0.270 e. The first-order valence-corrected chi connectivity index (χ1v) is 6.23. The van der Waals surface area contributed by atoms with E-state index in [0.29, 0.717) is 18.8 Å². The van der Waals surface area contributed by atoms with Crippen LogP contribution >= 0.6 is 23.7 Å². The molecule has 0 aliphatic carbocycles. The molecular weight excluding hydrogens is 258 g/mol. The van der Waals surface area contributed by atoms with Crippen LogP contribution < -0.4 is 11.1 Å². The molecule has 0 aliphatic heterocycles. The fourth-order valence-corrected chi connectivity index (χ4v) is 1.88. The van der Waals surface area contributed by atoms with Gasteiger partial charge in [0.1, 0.15) is 5.69 Å². The number of hydrogen-bond donors (Lipinski definition) is 2. The van der Waals surface area contributed by atoms with E-state index in [4.69, 9.17) is 5.73 Å². The van der Waals surface area contributed by atoms with Crippen LogP contribution in [0.3, 0.4) is 0 Å². The molecule has 0 aromatic carbocycles. The lowest BCUT2D eigenvalue weighted by atomic mass is 9.97. The van der Waals surface area contributed by atoms with Crippen molar-refractivity contribution in [2.75, 3.05) is 13.1 Å². The topological polar surface area (TPSA) is 68.0 Å². The van der Waals surface area contributed by atoms with Crippen molar-refractivity contribution in [2.45, 2.75) is 27.2 Å². The van der Waals surface area contributed by atoms with Crippen molar-refractivity contribution >= 4 is 29.7 Å². The van der Waals surface area contributed by atoms with Crippen LogP contribution in [0.25, 0.3) is 0 Å². The van der Waals surface area contributed by atoms with Crippen molar-refractivity contribution in [3.05, 3.63) is 16.1 Å². The van der Waals surface area contributed by atoms with Crippen LogP contribution in [0.15, 0.2) is 5.38 Å². The van der Waals surface area contributed by atoms with Gasteiger partial charge in [0.25, 0.3) is 5.91 Å². The summed E-state index contributed by atoms with van der Waals surface area (Å²) in [5.41, 5.74) is 6.01. The first-order chi connectivity index (χ1) is 7.42. The lowest BCUT2D eigenvalue weighted by molar-refractivity contribution is 0.0935. The lowest BCUT2D eigenvalue weighted by Gasteiger charge is -2.18. The summed E-state index contributed by atoms with van der Waals surface area (Å²) in [5.74, 6) is -0.102. The molecule has 1 heterocycles. The van der Waals surface area contributed by atoms with E-state index in [1.54, 1.807) is 5.38 Å². The van der Waals surface area contributed by atoms with Gasteiger partial charge < -0.3 is 11.1 Å². The van der Waals surface area contributed by atoms with E-state index >= 15 is 0 Å². The normalized spacial score (nSPS) is 10.8. The van der Waals surface area contributed by atoms with E-state index in [1.165, 1.54) is 11.3 Å². The van der Waals surface area contributed by atoms with Crippen LogP contribution in [0.4, 0.5) is 0 Å². The maximum atomic E-state index is 11.7. The van der Waals surface area contributed by atoms with Crippen LogP contribution in [0, 0.1) is 5.41 Å². The number of hydrogen-bond acceptors (Lipinski definition) is 4. The molecule has 3 N–H and O–H groups in total. The van der Waals surface area contributed by atoms with Gasteiger partial charge in [0, 0.05) is 18.3 Å². The van der Waals surface area contributed by atoms with Gasteiger partial charge in [0.05, 0.1) is 5.01 Å². The summed E-state index contributed by atoms with van der Waals surface area (Å²) in [6.45, 7) is 7.45. The van der Waals surface area contributed by atoms with Crippen LogP contribution in [0.2, 0.25) is 0 Å². The Balaban J connectivity index is 0.00000256. The third-order valence-corrected chi connectivity index (χ3v) is 2.83. The zero-order valence-electron chi connectivity index (χ0n) is 10.4. The Morgan fingerprint density at radius 1 is 1.53 bits per heavy atom. The monoisotopic (exact) mass is 277 g/mol. The van der Waals surface area contributed by atoms with Gasteiger partial charge in [-0.25, -0.2) is 4.98 Å². The number of halogens is 1. The average Bonchev–Trinajstić information content (AvgIpc) is 2.62. The van der Waals surface area contributed by atoms with Gasteiger partial charge in [0.15, 0.2) is 0 Å². The molecule has 0 radical (unpaired) electrons. The molecule has 0 atom stereocenters. The Morgan fingerprint density at radius 3 is 2.71 bits per heavy atom. The molecule has 4 nitrogen and oxygen atoms in total. The maximum Gasteiger partial charge on any atom is 0.270 e. The van der Waals surface area contributed by atoms with Crippen molar-refractivity contribution < 1.29 is 4.79 Å². The number of nitrogens with zero attached hydrogens (tertiary/aromatic N) is 1. The van der Waals surface area contributed by atoms with E-state index in [9.17, 15) is 4.79 Å². The van der Waals surface area contributed by atoms with Gasteiger partial charge >= 0.3 is 0 Å². The molecule has 6 heteroatoms. The SMILES string of the molecule is CC(C)(C)CNC(=O)c1csc(CCN)n1.Cl. The van der Waals surface area contributed by atoms with E-state index in [0.717, 1.165) is 11.4 Å². The van der Waals surface area contributed by atoms with Crippen LogP contribution in [-0.4, -0.2) is 24.0 Å². The number of thiazole rings is 1. The highest BCUT2D eigenvalue weighted by molar-refractivity contribution is 7.09. The Bertz CT molecular complexity index is 360. The second-order valence-electron chi connectivity index (χ2n) is 4.91. The molecule has 0 bridgehead atoms. The minimum atomic E-state index is -0.102. The summed E-state index contributed by atoms with van der Waals surface area (Å²) in [6.07, 6.45) is 0.733. The fraction of sp³-hybridized carbons (Fsp3) is 0.636. The zero-order valence-corrected chi connectivity index (χ0v) is 12.1. The summed E-state index contributed by atoms with van der Waals surface area (Å²) in [6, 6.07) is 0. The first kappa shape index (κ1) is 16.4. The van der Waals surface area contributed by atoms with E-state index in [2.05, 4.69) is 31.1 Å². The predicted molar refractivity (Wildman–Crippen MR) is 73.9 cm³/mol. The Labute approximate surface area is 112 Å². The Kier molecular flexibility index (Phi) is 6.67. The number of amides is 1. The summed E-state index contributed by atoms with van der Waals surface area (Å²) >= 11 is 1.48.